The van der Waals surface area contributed by atoms with Crippen LogP contribution in [0.4, 0.5) is 0 Å². The van der Waals surface area contributed by atoms with Gasteiger partial charge in [0, 0.05) is 23.9 Å². The maximum absolute atomic E-state index is 11.0. The molecule has 0 aliphatic carbocycles. The second-order valence-electron chi connectivity index (χ2n) is 3.85. The first-order valence-corrected chi connectivity index (χ1v) is 6.72. The predicted octanol–water partition coefficient (Wildman–Crippen LogP) is 2.29. The van der Waals surface area contributed by atoms with Gasteiger partial charge in [0.1, 0.15) is 11.3 Å². The highest BCUT2D eigenvalue weighted by atomic mass is 32.2. The van der Waals surface area contributed by atoms with Gasteiger partial charge in [-0.2, -0.15) is 5.10 Å². The number of rotatable bonds is 6. The normalized spacial score (nSPS) is 10.4. The Hall–Kier alpha value is -1.95. The Kier molecular flexibility index (Phi) is 4.46. The number of carboxylic acid groups (broad SMARTS) is 1. The number of carboxylic acids is 1. The molecule has 0 radical (unpaired) electrons. The molecule has 0 aliphatic rings. The van der Waals surface area contributed by atoms with Crippen LogP contribution in [0, 0.1) is 0 Å². The summed E-state index contributed by atoms with van der Waals surface area (Å²) in [4.78, 5) is 12.0. The lowest BCUT2D eigenvalue weighted by atomic mass is 10.2. The van der Waals surface area contributed by atoms with Gasteiger partial charge >= 0.3 is 5.97 Å². The third kappa shape index (κ3) is 3.75. The van der Waals surface area contributed by atoms with Crippen molar-refractivity contribution in [3.05, 3.63) is 42.2 Å². The minimum absolute atomic E-state index is 0.189. The Morgan fingerprint density at radius 3 is 2.95 bits per heavy atom. The molecule has 2 aromatic rings. The quantitative estimate of drug-likeness (QED) is 0.649. The fourth-order valence-corrected chi connectivity index (χ4v) is 2.30. The van der Waals surface area contributed by atoms with E-state index in [9.17, 15) is 4.79 Å². The van der Waals surface area contributed by atoms with E-state index in [4.69, 9.17) is 9.84 Å². The van der Waals surface area contributed by atoms with Crippen LogP contribution >= 0.6 is 11.8 Å². The van der Waals surface area contributed by atoms with Gasteiger partial charge in [-0.3, -0.25) is 4.68 Å². The van der Waals surface area contributed by atoms with Crippen LogP contribution in [-0.4, -0.2) is 33.2 Å². The van der Waals surface area contributed by atoms with Crippen molar-refractivity contribution in [2.45, 2.75) is 4.90 Å². The average molecular weight is 278 g/mol. The van der Waals surface area contributed by atoms with Crippen molar-refractivity contribution in [2.75, 3.05) is 12.4 Å². The van der Waals surface area contributed by atoms with Gasteiger partial charge < -0.3 is 9.84 Å². The lowest BCUT2D eigenvalue weighted by Gasteiger charge is -2.08. The molecule has 2 rings (SSSR count). The largest absolute Gasteiger partial charge is 0.492 e. The minimum atomic E-state index is -0.976. The zero-order chi connectivity index (χ0) is 13.7. The van der Waals surface area contributed by atoms with Crippen LogP contribution < -0.4 is 4.74 Å². The molecule has 0 spiro atoms. The topological polar surface area (TPSA) is 64.3 Å². The van der Waals surface area contributed by atoms with Crippen molar-refractivity contribution in [1.29, 1.82) is 0 Å². The number of ether oxygens (including phenoxy) is 1. The molecule has 0 amide bonds. The molecular formula is C13H14N2O3S. The summed E-state index contributed by atoms with van der Waals surface area (Å²) in [6.45, 7) is 0.448. The van der Waals surface area contributed by atoms with Crippen molar-refractivity contribution in [3.63, 3.8) is 0 Å². The molecule has 1 N–H and O–H groups in total. The van der Waals surface area contributed by atoms with Gasteiger partial charge in [0.25, 0.3) is 0 Å². The van der Waals surface area contributed by atoms with Crippen molar-refractivity contribution in [3.8, 4) is 5.75 Å². The van der Waals surface area contributed by atoms with Gasteiger partial charge in [-0.1, -0.05) is 12.1 Å². The smallest absolute Gasteiger partial charge is 0.339 e. The van der Waals surface area contributed by atoms with Crippen molar-refractivity contribution in [1.82, 2.24) is 9.78 Å². The Balaban J connectivity index is 1.84. The van der Waals surface area contributed by atoms with Crippen molar-refractivity contribution < 1.29 is 14.6 Å². The maximum Gasteiger partial charge on any atom is 0.339 e. The van der Waals surface area contributed by atoms with Gasteiger partial charge in [0.15, 0.2) is 0 Å². The third-order valence-electron chi connectivity index (χ3n) is 2.41. The number of thioether (sulfide) groups is 1. The maximum atomic E-state index is 11.0. The van der Waals surface area contributed by atoms with Gasteiger partial charge in [-0.05, 0) is 12.1 Å². The van der Waals surface area contributed by atoms with Gasteiger partial charge in [0.2, 0.25) is 0 Å². The molecule has 5 nitrogen and oxygen atoms in total. The summed E-state index contributed by atoms with van der Waals surface area (Å²) in [5.41, 5.74) is 0.189. The Morgan fingerprint density at radius 2 is 2.26 bits per heavy atom. The first kappa shape index (κ1) is 13.5. The third-order valence-corrected chi connectivity index (χ3v) is 3.32. The molecule has 1 aromatic carbocycles. The van der Waals surface area contributed by atoms with E-state index in [1.807, 2.05) is 13.2 Å². The minimum Gasteiger partial charge on any atom is -0.492 e. The zero-order valence-electron chi connectivity index (χ0n) is 10.4. The number of hydrogen-bond acceptors (Lipinski definition) is 4. The fraction of sp³-hybridized carbons (Fsp3) is 0.231. The van der Waals surface area contributed by atoms with Crippen LogP contribution in [0.25, 0.3) is 0 Å². The molecule has 0 saturated heterocycles. The monoisotopic (exact) mass is 278 g/mol. The molecule has 19 heavy (non-hydrogen) atoms. The highest BCUT2D eigenvalue weighted by Crippen LogP contribution is 2.20. The highest BCUT2D eigenvalue weighted by Gasteiger charge is 2.09. The molecule has 0 saturated carbocycles. The fourth-order valence-electron chi connectivity index (χ4n) is 1.55. The molecule has 1 heterocycles. The molecule has 100 valence electrons. The molecule has 0 unspecified atom stereocenters. The number of aromatic nitrogens is 2. The van der Waals surface area contributed by atoms with E-state index in [1.54, 1.807) is 40.8 Å². The summed E-state index contributed by atoms with van der Waals surface area (Å²) < 4.78 is 7.24. The zero-order valence-corrected chi connectivity index (χ0v) is 11.3. The second-order valence-corrected chi connectivity index (χ2v) is 5.02. The summed E-state index contributed by atoms with van der Waals surface area (Å²) in [5.74, 6) is 0.164. The van der Waals surface area contributed by atoms with E-state index >= 15 is 0 Å². The standard InChI is InChI=1S/C13H14N2O3S/c1-15-9-10(8-14-15)19-7-6-18-12-5-3-2-4-11(12)13(16)17/h2-5,8-9H,6-7H2,1H3,(H,16,17). The molecule has 0 fully saturated rings. The highest BCUT2D eigenvalue weighted by molar-refractivity contribution is 7.99. The molecule has 6 heteroatoms. The predicted molar refractivity (Wildman–Crippen MR) is 72.8 cm³/mol. The first-order chi connectivity index (χ1) is 9.16. The van der Waals surface area contributed by atoms with Gasteiger partial charge in [-0.25, -0.2) is 4.79 Å². The molecule has 0 bridgehead atoms. The molecular weight excluding hydrogens is 264 g/mol. The number of aryl methyl sites for hydroxylation is 1. The number of benzene rings is 1. The van der Waals surface area contributed by atoms with Crippen molar-refractivity contribution >= 4 is 17.7 Å². The number of hydrogen-bond donors (Lipinski definition) is 1. The molecule has 0 atom stereocenters. The summed E-state index contributed by atoms with van der Waals surface area (Å²) >= 11 is 1.62. The van der Waals surface area contributed by atoms with E-state index in [2.05, 4.69) is 5.10 Å². The van der Waals surface area contributed by atoms with Crippen molar-refractivity contribution in [2.24, 2.45) is 7.05 Å². The summed E-state index contributed by atoms with van der Waals surface area (Å²) in [6.07, 6.45) is 3.71. The van der Waals surface area contributed by atoms with Crippen LogP contribution in [-0.2, 0) is 7.05 Å². The second kappa shape index (κ2) is 6.29. The number of carbonyl (C=O) groups is 1. The van der Waals surface area contributed by atoms with Gasteiger partial charge in [-0.15, -0.1) is 11.8 Å². The van der Waals surface area contributed by atoms with Crippen LogP contribution in [0.1, 0.15) is 10.4 Å². The molecule has 0 aliphatic heterocycles. The van der Waals surface area contributed by atoms with E-state index in [0.717, 1.165) is 10.6 Å². The average Bonchev–Trinajstić information content (AvgIpc) is 2.81. The lowest BCUT2D eigenvalue weighted by molar-refractivity contribution is 0.0692. The Morgan fingerprint density at radius 1 is 1.47 bits per heavy atom. The SMILES string of the molecule is Cn1cc(SCCOc2ccccc2C(=O)O)cn1. The van der Waals surface area contributed by atoms with Crippen LogP contribution in [0.5, 0.6) is 5.75 Å². The number of para-hydroxylation sites is 1. The van der Waals surface area contributed by atoms with Crippen LogP contribution in [0.3, 0.4) is 0 Å². The number of nitrogens with zero attached hydrogens (tertiary/aromatic N) is 2. The van der Waals surface area contributed by atoms with E-state index < -0.39 is 5.97 Å². The first-order valence-electron chi connectivity index (χ1n) is 5.73. The van der Waals surface area contributed by atoms with Crippen LogP contribution in [0.2, 0.25) is 0 Å². The van der Waals surface area contributed by atoms with E-state index in [1.165, 1.54) is 6.07 Å². The molecule has 1 aromatic heterocycles. The number of aromatic carboxylic acids is 1. The lowest BCUT2D eigenvalue weighted by Crippen LogP contribution is -2.05. The van der Waals surface area contributed by atoms with E-state index in [-0.39, 0.29) is 5.56 Å². The summed E-state index contributed by atoms with van der Waals surface area (Å²) in [7, 11) is 1.86. The van der Waals surface area contributed by atoms with E-state index in [0.29, 0.717) is 12.4 Å². The van der Waals surface area contributed by atoms with Crippen LogP contribution in [0.15, 0.2) is 41.6 Å². The summed E-state index contributed by atoms with van der Waals surface area (Å²) in [6, 6.07) is 6.64. The van der Waals surface area contributed by atoms with Gasteiger partial charge in [0.05, 0.1) is 12.8 Å². The Bertz CT molecular complexity index is 569. The summed E-state index contributed by atoms with van der Waals surface area (Å²) in [5, 5.41) is 13.1. The Labute approximate surface area is 115 Å².